The van der Waals surface area contributed by atoms with Gasteiger partial charge in [0.1, 0.15) is 13.2 Å². The summed E-state index contributed by atoms with van der Waals surface area (Å²) in [6.45, 7) is 6.24. The summed E-state index contributed by atoms with van der Waals surface area (Å²) in [5.74, 6) is 0. The molecule has 0 fully saturated rings. The van der Waals surface area contributed by atoms with Crippen LogP contribution in [0, 0.1) is 0 Å². The number of hydrogen-bond donors (Lipinski definition) is 3. The number of allylic oxidation sites excluding steroid dienone is 4. The standard InChI is InChI=1S/C15H30O5P2/c1-13(2)8-7-10-14(3)9-5-4-6-11-15(21(17)12-16)22(18,19)20/h8-9,15-16,21H,4-7,10-12H2,1-3H3,(H2,18,19,20). The van der Waals surface area contributed by atoms with Crippen molar-refractivity contribution < 1.29 is 24.0 Å². The predicted octanol–water partition coefficient (Wildman–Crippen LogP) is 4.25. The third kappa shape index (κ3) is 10.5. The predicted molar refractivity (Wildman–Crippen MR) is 92.8 cm³/mol. The first kappa shape index (κ1) is 21.8. The van der Waals surface area contributed by atoms with Crippen LogP contribution in [0.15, 0.2) is 23.3 Å². The van der Waals surface area contributed by atoms with Crippen LogP contribution in [0.1, 0.15) is 59.3 Å². The Morgan fingerprint density at radius 2 is 1.77 bits per heavy atom. The third-order valence-corrected chi connectivity index (χ3v) is 7.74. The molecule has 0 aliphatic carbocycles. The third-order valence-electron chi connectivity index (χ3n) is 3.45. The summed E-state index contributed by atoms with van der Waals surface area (Å²) >= 11 is 0. The van der Waals surface area contributed by atoms with E-state index in [0.717, 1.165) is 25.7 Å². The van der Waals surface area contributed by atoms with Crippen LogP contribution < -0.4 is 0 Å². The quantitative estimate of drug-likeness (QED) is 0.293. The zero-order valence-corrected chi connectivity index (χ0v) is 15.7. The van der Waals surface area contributed by atoms with Gasteiger partial charge in [0, 0.05) is 0 Å². The van der Waals surface area contributed by atoms with Crippen molar-refractivity contribution in [3.05, 3.63) is 23.3 Å². The lowest BCUT2D eigenvalue weighted by Gasteiger charge is -2.16. The maximum atomic E-state index is 11.5. The molecule has 0 spiro atoms. The van der Waals surface area contributed by atoms with Crippen LogP contribution in [-0.2, 0) is 9.13 Å². The highest BCUT2D eigenvalue weighted by molar-refractivity contribution is 7.67. The molecule has 0 amide bonds. The molecule has 0 aliphatic rings. The van der Waals surface area contributed by atoms with Crippen LogP contribution in [-0.4, -0.2) is 26.6 Å². The van der Waals surface area contributed by atoms with Crippen LogP contribution >= 0.6 is 15.4 Å². The molecule has 0 aromatic carbocycles. The van der Waals surface area contributed by atoms with E-state index in [1.54, 1.807) is 0 Å². The molecule has 22 heavy (non-hydrogen) atoms. The summed E-state index contributed by atoms with van der Waals surface area (Å²) in [5.41, 5.74) is 2.63. The fourth-order valence-electron chi connectivity index (χ4n) is 2.14. The van der Waals surface area contributed by atoms with E-state index in [1.165, 1.54) is 11.1 Å². The molecule has 2 atom stereocenters. The molecule has 3 N–H and O–H groups in total. The molecule has 5 nitrogen and oxygen atoms in total. The monoisotopic (exact) mass is 352 g/mol. The summed E-state index contributed by atoms with van der Waals surface area (Å²) < 4.78 is 22.8. The Bertz CT molecular complexity index is 447. The molecule has 0 saturated carbocycles. The van der Waals surface area contributed by atoms with Gasteiger partial charge in [-0.1, -0.05) is 29.7 Å². The summed E-state index contributed by atoms with van der Waals surface area (Å²) in [5, 5.41) is 7.66. The Labute approximate surface area is 134 Å². The van der Waals surface area contributed by atoms with E-state index < -0.39 is 27.1 Å². The van der Waals surface area contributed by atoms with Gasteiger partial charge in [0.05, 0.1) is 6.35 Å². The van der Waals surface area contributed by atoms with Gasteiger partial charge in [-0.3, -0.25) is 4.57 Å². The molecular formula is C15H30O5P2. The van der Waals surface area contributed by atoms with E-state index in [1.807, 2.05) is 0 Å². The Balaban J connectivity index is 4.11. The number of aliphatic hydroxyl groups is 1. The van der Waals surface area contributed by atoms with Crippen LogP contribution in [0.5, 0.6) is 0 Å². The van der Waals surface area contributed by atoms with Gasteiger partial charge in [-0.15, -0.1) is 0 Å². The number of rotatable bonds is 11. The van der Waals surface area contributed by atoms with Gasteiger partial charge in [-0.05, 0) is 52.9 Å². The Kier molecular flexibility index (Phi) is 11.3. The summed E-state index contributed by atoms with van der Waals surface area (Å²) in [6, 6.07) is 0. The molecule has 0 bridgehead atoms. The summed E-state index contributed by atoms with van der Waals surface area (Å²) in [6.07, 6.45) is 8.24. The largest absolute Gasteiger partial charge is 0.389 e. The molecule has 0 aromatic heterocycles. The number of hydrogen-bond acceptors (Lipinski definition) is 3. The first-order valence-electron chi connectivity index (χ1n) is 7.66. The lowest BCUT2D eigenvalue weighted by atomic mass is 10.1. The summed E-state index contributed by atoms with van der Waals surface area (Å²) in [7, 11) is -7.02. The van der Waals surface area contributed by atoms with Gasteiger partial charge in [0.2, 0.25) is 0 Å². The molecule has 0 aromatic rings. The molecule has 7 heteroatoms. The highest BCUT2D eigenvalue weighted by Crippen LogP contribution is 2.55. The van der Waals surface area contributed by atoms with Gasteiger partial charge in [-0.25, -0.2) is 0 Å². The molecule has 2 unspecified atom stereocenters. The van der Waals surface area contributed by atoms with E-state index in [2.05, 4.69) is 32.9 Å². The minimum Gasteiger partial charge on any atom is -0.389 e. The van der Waals surface area contributed by atoms with Crippen molar-refractivity contribution in [2.75, 3.05) is 6.35 Å². The molecular weight excluding hydrogens is 322 g/mol. The van der Waals surface area contributed by atoms with E-state index in [4.69, 9.17) is 5.11 Å². The highest BCUT2D eigenvalue weighted by Gasteiger charge is 2.32. The van der Waals surface area contributed by atoms with E-state index in [-0.39, 0.29) is 6.42 Å². The van der Waals surface area contributed by atoms with Crippen LogP contribution in [0.25, 0.3) is 0 Å². The zero-order chi connectivity index (χ0) is 17.2. The molecule has 0 heterocycles. The van der Waals surface area contributed by atoms with Crippen molar-refractivity contribution in [2.45, 2.75) is 64.7 Å². The zero-order valence-electron chi connectivity index (χ0n) is 13.8. The van der Waals surface area contributed by atoms with Crippen molar-refractivity contribution in [3.8, 4) is 0 Å². The Morgan fingerprint density at radius 1 is 1.14 bits per heavy atom. The molecule has 0 saturated heterocycles. The van der Waals surface area contributed by atoms with Gasteiger partial charge in [0.15, 0.2) is 0 Å². The van der Waals surface area contributed by atoms with Crippen molar-refractivity contribution in [2.24, 2.45) is 0 Å². The van der Waals surface area contributed by atoms with Gasteiger partial charge in [-0.2, -0.15) is 0 Å². The second-order valence-corrected chi connectivity index (χ2v) is 10.1. The normalized spacial score (nSPS) is 15.5. The van der Waals surface area contributed by atoms with Crippen molar-refractivity contribution >= 4 is 15.4 Å². The van der Waals surface area contributed by atoms with Gasteiger partial charge >= 0.3 is 7.60 Å². The average Bonchev–Trinajstić information content (AvgIpc) is 2.40. The summed E-state index contributed by atoms with van der Waals surface area (Å²) in [4.78, 5) is 18.3. The topological polar surface area (TPSA) is 94.8 Å². The number of unbranched alkanes of at least 4 members (excludes halogenated alkanes) is 2. The highest BCUT2D eigenvalue weighted by atomic mass is 31.2. The minimum atomic E-state index is -4.39. The minimum absolute atomic E-state index is 0.202. The van der Waals surface area contributed by atoms with Crippen molar-refractivity contribution in [1.82, 2.24) is 0 Å². The molecule has 130 valence electrons. The Morgan fingerprint density at radius 3 is 2.27 bits per heavy atom. The second kappa shape index (κ2) is 11.4. The molecule has 0 radical (unpaired) electrons. The fraction of sp³-hybridized carbons (Fsp3) is 0.733. The smallest absolute Gasteiger partial charge is 0.335 e. The van der Waals surface area contributed by atoms with Crippen molar-refractivity contribution in [3.63, 3.8) is 0 Å². The SMILES string of the molecule is CC(C)=CCCC(C)=CCCCCC([PH](=O)CO)P(=O)(O)O. The molecule has 0 aliphatic heterocycles. The van der Waals surface area contributed by atoms with Crippen LogP contribution in [0.3, 0.4) is 0 Å². The lowest BCUT2D eigenvalue weighted by molar-refractivity contribution is 0.350. The number of aliphatic hydroxyl groups excluding tert-OH is 1. The van der Waals surface area contributed by atoms with Crippen LogP contribution in [0.2, 0.25) is 0 Å². The second-order valence-electron chi connectivity index (χ2n) is 5.88. The van der Waals surface area contributed by atoms with Gasteiger partial charge in [0.25, 0.3) is 0 Å². The first-order chi connectivity index (χ1) is 10.2. The average molecular weight is 352 g/mol. The van der Waals surface area contributed by atoms with Gasteiger partial charge < -0.3 is 19.5 Å². The maximum Gasteiger partial charge on any atom is 0.335 e. The van der Waals surface area contributed by atoms with E-state index in [0.29, 0.717) is 6.42 Å². The molecule has 0 rings (SSSR count). The van der Waals surface area contributed by atoms with Crippen molar-refractivity contribution in [1.29, 1.82) is 0 Å². The first-order valence-corrected chi connectivity index (χ1v) is 11.0. The maximum absolute atomic E-state index is 11.5. The van der Waals surface area contributed by atoms with E-state index >= 15 is 0 Å². The van der Waals surface area contributed by atoms with Crippen LogP contribution in [0.4, 0.5) is 0 Å². The van der Waals surface area contributed by atoms with E-state index in [9.17, 15) is 18.9 Å². The lowest BCUT2D eigenvalue weighted by Crippen LogP contribution is -2.05. The fourth-order valence-corrected chi connectivity index (χ4v) is 5.14. The Hall–Kier alpha value is -0.180.